The number of hydrazine groups is 2. The zero-order valence-electron chi connectivity index (χ0n) is 8.69. The Morgan fingerprint density at radius 3 is 2.44 bits per heavy atom. The summed E-state index contributed by atoms with van der Waals surface area (Å²) in [6, 6.07) is 9.78. The zero-order valence-corrected chi connectivity index (χ0v) is 8.69. The molecule has 0 radical (unpaired) electrons. The van der Waals surface area contributed by atoms with E-state index >= 15 is 0 Å². The Labute approximate surface area is 93.1 Å². The first kappa shape index (κ1) is 12.2. The smallest absolute Gasteiger partial charge is 0.286 e. The highest BCUT2D eigenvalue weighted by atomic mass is 16.2. The minimum atomic E-state index is -0.882. The summed E-state index contributed by atoms with van der Waals surface area (Å²) in [7, 11) is 0. The van der Waals surface area contributed by atoms with Crippen LogP contribution >= 0.6 is 0 Å². The third-order valence-electron chi connectivity index (χ3n) is 1.92. The molecule has 1 aromatic rings. The van der Waals surface area contributed by atoms with Crippen LogP contribution in [-0.4, -0.2) is 18.4 Å². The second-order valence-electron chi connectivity index (χ2n) is 3.09. The van der Waals surface area contributed by atoms with E-state index in [1.807, 2.05) is 30.3 Å². The molecular formula is C10H14N4O2. The molecule has 0 fully saturated rings. The van der Waals surface area contributed by atoms with Crippen molar-refractivity contribution in [1.82, 2.24) is 16.3 Å². The molecular weight excluding hydrogens is 208 g/mol. The number of nitrogens with one attached hydrogen (secondary N) is 3. The Hall–Kier alpha value is -1.92. The van der Waals surface area contributed by atoms with Gasteiger partial charge in [0.05, 0.1) is 0 Å². The molecule has 6 nitrogen and oxygen atoms in total. The molecule has 1 aromatic carbocycles. The molecule has 16 heavy (non-hydrogen) atoms. The molecule has 0 aromatic heterocycles. The van der Waals surface area contributed by atoms with Gasteiger partial charge in [-0.15, -0.1) is 0 Å². The predicted molar refractivity (Wildman–Crippen MR) is 58.6 cm³/mol. The molecule has 0 bridgehead atoms. The lowest BCUT2D eigenvalue weighted by molar-refractivity contribution is -0.139. The fourth-order valence-electron chi connectivity index (χ4n) is 1.12. The van der Waals surface area contributed by atoms with E-state index in [1.165, 1.54) is 0 Å². The predicted octanol–water partition coefficient (Wildman–Crippen LogP) is -1.16. The molecule has 0 saturated heterocycles. The molecule has 0 aliphatic carbocycles. The van der Waals surface area contributed by atoms with Gasteiger partial charge < -0.3 is 0 Å². The molecule has 2 amide bonds. The second-order valence-corrected chi connectivity index (χ2v) is 3.09. The van der Waals surface area contributed by atoms with E-state index in [-0.39, 0.29) is 0 Å². The van der Waals surface area contributed by atoms with E-state index in [0.29, 0.717) is 6.54 Å². The SMILES string of the molecule is NNC(=O)C(=O)NNCCc1ccccc1. The molecule has 0 aliphatic rings. The summed E-state index contributed by atoms with van der Waals surface area (Å²) in [5.41, 5.74) is 7.73. The zero-order chi connectivity index (χ0) is 11.8. The van der Waals surface area contributed by atoms with Gasteiger partial charge in [-0.1, -0.05) is 30.3 Å². The molecule has 0 aliphatic heterocycles. The maximum absolute atomic E-state index is 10.9. The second kappa shape index (κ2) is 6.54. The van der Waals surface area contributed by atoms with Crippen LogP contribution in [0, 0.1) is 0 Å². The number of nitrogens with two attached hydrogens (primary N) is 1. The third-order valence-corrected chi connectivity index (χ3v) is 1.92. The molecule has 0 saturated carbocycles. The van der Waals surface area contributed by atoms with Crippen LogP contribution in [0.1, 0.15) is 5.56 Å². The van der Waals surface area contributed by atoms with Crippen molar-refractivity contribution in [2.45, 2.75) is 6.42 Å². The highest BCUT2D eigenvalue weighted by Gasteiger charge is 2.09. The lowest BCUT2D eigenvalue weighted by Gasteiger charge is -2.05. The highest BCUT2D eigenvalue weighted by molar-refractivity contribution is 6.34. The van der Waals surface area contributed by atoms with Crippen LogP contribution in [0.2, 0.25) is 0 Å². The van der Waals surface area contributed by atoms with Crippen LogP contribution in [0.25, 0.3) is 0 Å². The van der Waals surface area contributed by atoms with Gasteiger partial charge in [-0.25, -0.2) is 11.3 Å². The Balaban J connectivity index is 2.17. The van der Waals surface area contributed by atoms with Gasteiger partial charge in [-0.3, -0.25) is 20.4 Å². The molecule has 6 heteroatoms. The van der Waals surface area contributed by atoms with Gasteiger partial charge in [0.1, 0.15) is 0 Å². The number of carbonyl (C=O) groups is 2. The normalized spacial score (nSPS) is 9.56. The number of carbonyl (C=O) groups excluding carboxylic acids is 2. The maximum Gasteiger partial charge on any atom is 0.324 e. The fraction of sp³-hybridized carbons (Fsp3) is 0.200. The van der Waals surface area contributed by atoms with Gasteiger partial charge >= 0.3 is 11.8 Å². The molecule has 0 atom stereocenters. The number of rotatable bonds is 4. The number of amides is 2. The van der Waals surface area contributed by atoms with Crippen molar-refractivity contribution < 1.29 is 9.59 Å². The number of benzene rings is 1. The maximum atomic E-state index is 10.9. The first-order valence-corrected chi connectivity index (χ1v) is 4.81. The Morgan fingerprint density at radius 1 is 1.12 bits per heavy atom. The minimum Gasteiger partial charge on any atom is -0.286 e. The first-order chi connectivity index (χ1) is 7.74. The standard InChI is InChI=1S/C10H14N4O2/c11-13-9(15)10(16)14-12-7-6-8-4-2-1-3-5-8/h1-5,12H,6-7,11H2,(H,13,15)(H,14,16). The quantitative estimate of drug-likeness (QED) is 0.170. The van der Waals surface area contributed by atoms with E-state index in [0.717, 1.165) is 12.0 Å². The molecule has 86 valence electrons. The third kappa shape index (κ3) is 4.07. The first-order valence-electron chi connectivity index (χ1n) is 4.81. The fourth-order valence-corrected chi connectivity index (χ4v) is 1.12. The molecule has 0 heterocycles. The van der Waals surface area contributed by atoms with Crippen LogP contribution in [0.3, 0.4) is 0 Å². The van der Waals surface area contributed by atoms with Gasteiger partial charge in [-0.05, 0) is 12.0 Å². The summed E-state index contributed by atoms with van der Waals surface area (Å²) in [5, 5.41) is 0. The number of hydrogen-bond donors (Lipinski definition) is 4. The molecule has 1 rings (SSSR count). The minimum absolute atomic E-state index is 0.535. The van der Waals surface area contributed by atoms with Gasteiger partial charge in [0.15, 0.2) is 0 Å². The van der Waals surface area contributed by atoms with Crippen molar-refractivity contribution in [3.8, 4) is 0 Å². The highest BCUT2D eigenvalue weighted by Crippen LogP contribution is 1.97. The monoisotopic (exact) mass is 222 g/mol. The number of hydrogen-bond acceptors (Lipinski definition) is 4. The van der Waals surface area contributed by atoms with Crippen molar-refractivity contribution in [1.29, 1.82) is 0 Å². The molecule has 5 N–H and O–H groups in total. The van der Waals surface area contributed by atoms with E-state index in [2.05, 4.69) is 10.9 Å². The van der Waals surface area contributed by atoms with Crippen molar-refractivity contribution in [3.63, 3.8) is 0 Å². The summed E-state index contributed by atoms with van der Waals surface area (Å²) < 4.78 is 0. The van der Waals surface area contributed by atoms with Crippen LogP contribution < -0.4 is 22.1 Å². The van der Waals surface area contributed by atoms with E-state index < -0.39 is 11.8 Å². The van der Waals surface area contributed by atoms with Gasteiger partial charge in [0, 0.05) is 6.54 Å². The average Bonchev–Trinajstić information content (AvgIpc) is 2.34. The van der Waals surface area contributed by atoms with Gasteiger partial charge in [-0.2, -0.15) is 0 Å². The van der Waals surface area contributed by atoms with Crippen LogP contribution in [0.15, 0.2) is 30.3 Å². The van der Waals surface area contributed by atoms with E-state index in [9.17, 15) is 9.59 Å². The summed E-state index contributed by atoms with van der Waals surface area (Å²) in [6.45, 7) is 0.535. The van der Waals surface area contributed by atoms with Crippen LogP contribution in [-0.2, 0) is 16.0 Å². The lowest BCUT2D eigenvalue weighted by atomic mass is 10.2. The topological polar surface area (TPSA) is 96.2 Å². The summed E-state index contributed by atoms with van der Waals surface area (Å²) in [6.07, 6.45) is 0.755. The summed E-state index contributed by atoms with van der Waals surface area (Å²) in [5.74, 6) is 3.09. The summed E-state index contributed by atoms with van der Waals surface area (Å²) in [4.78, 5) is 21.6. The van der Waals surface area contributed by atoms with E-state index in [1.54, 1.807) is 5.43 Å². The van der Waals surface area contributed by atoms with Crippen molar-refractivity contribution in [2.24, 2.45) is 5.84 Å². The van der Waals surface area contributed by atoms with Crippen molar-refractivity contribution in [3.05, 3.63) is 35.9 Å². The Bertz CT molecular complexity index is 353. The largest absolute Gasteiger partial charge is 0.324 e. The average molecular weight is 222 g/mol. The molecule has 0 spiro atoms. The lowest BCUT2D eigenvalue weighted by Crippen LogP contribution is -2.48. The van der Waals surface area contributed by atoms with Crippen LogP contribution in [0.4, 0.5) is 0 Å². The van der Waals surface area contributed by atoms with Crippen molar-refractivity contribution >= 4 is 11.8 Å². The van der Waals surface area contributed by atoms with Crippen LogP contribution in [0.5, 0.6) is 0 Å². The van der Waals surface area contributed by atoms with Gasteiger partial charge in [0.2, 0.25) is 0 Å². The van der Waals surface area contributed by atoms with Gasteiger partial charge in [0.25, 0.3) is 0 Å². The summed E-state index contributed by atoms with van der Waals surface area (Å²) >= 11 is 0. The van der Waals surface area contributed by atoms with Crippen molar-refractivity contribution in [2.75, 3.05) is 6.54 Å². The van der Waals surface area contributed by atoms with E-state index in [4.69, 9.17) is 5.84 Å². The molecule has 0 unspecified atom stereocenters. The Kier molecular flexibility index (Phi) is 4.97. The Morgan fingerprint density at radius 2 is 1.81 bits per heavy atom.